The van der Waals surface area contributed by atoms with Crippen LogP contribution in [0.25, 0.3) is 0 Å². The zero-order valence-electron chi connectivity index (χ0n) is 8.04. The summed E-state index contributed by atoms with van der Waals surface area (Å²) in [5.41, 5.74) is 0. The third-order valence-electron chi connectivity index (χ3n) is 2.30. The van der Waals surface area contributed by atoms with Crippen LogP contribution in [0, 0.1) is 0 Å². The molecule has 1 fully saturated rings. The van der Waals surface area contributed by atoms with Crippen LogP contribution in [-0.2, 0) is 9.53 Å². The van der Waals surface area contributed by atoms with Gasteiger partial charge in [0.2, 0.25) is 0 Å². The number of hydrogen-bond donors (Lipinski definition) is 0. The van der Waals surface area contributed by atoms with Crippen LogP contribution in [0.15, 0.2) is 0 Å². The normalized spacial score (nSPS) is 26.2. The number of carbonyl (C=O) groups excluding carboxylic acids is 1. The summed E-state index contributed by atoms with van der Waals surface area (Å²) < 4.78 is 5.26. The van der Waals surface area contributed by atoms with Crippen LogP contribution in [-0.4, -0.2) is 42.5 Å². The Morgan fingerprint density at radius 2 is 2.25 bits per heavy atom. The molecule has 0 bridgehead atoms. The molecule has 0 saturated carbocycles. The van der Waals surface area contributed by atoms with Crippen molar-refractivity contribution in [3.63, 3.8) is 0 Å². The third kappa shape index (κ3) is 2.05. The summed E-state index contributed by atoms with van der Waals surface area (Å²) in [7, 11) is 0. The van der Waals surface area contributed by atoms with Crippen molar-refractivity contribution >= 4 is 5.78 Å². The van der Waals surface area contributed by atoms with Crippen molar-refractivity contribution in [3.8, 4) is 0 Å². The molecule has 0 spiro atoms. The van der Waals surface area contributed by atoms with Gasteiger partial charge in [0.15, 0.2) is 0 Å². The molecular formula is C9H17NO2. The molecule has 3 nitrogen and oxygen atoms in total. The summed E-state index contributed by atoms with van der Waals surface area (Å²) in [6, 6.07) is 0.418. The monoisotopic (exact) mass is 171 g/mol. The maximum Gasteiger partial charge on any atom is 0.149 e. The summed E-state index contributed by atoms with van der Waals surface area (Å²) in [6.45, 7) is 8.05. The van der Waals surface area contributed by atoms with Gasteiger partial charge in [0, 0.05) is 12.6 Å². The van der Waals surface area contributed by atoms with Crippen LogP contribution in [0.1, 0.15) is 20.8 Å². The highest BCUT2D eigenvalue weighted by molar-refractivity contribution is 5.81. The van der Waals surface area contributed by atoms with Crippen LogP contribution in [0.4, 0.5) is 0 Å². The van der Waals surface area contributed by atoms with Crippen molar-refractivity contribution in [2.45, 2.75) is 32.9 Å². The van der Waals surface area contributed by atoms with E-state index in [-0.39, 0.29) is 11.8 Å². The second kappa shape index (κ2) is 4.01. The lowest BCUT2D eigenvalue weighted by Gasteiger charge is -2.36. The number of rotatable bonds is 2. The predicted octanol–water partition coefficient (Wildman–Crippen LogP) is 0.685. The lowest BCUT2D eigenvalue weighted by molar-refractivity contribution is -0.129. The van der Waals surface area contributed by atoms with Gasteiger partial charge in [-0.05, 0) is 20.8 Å². The van der Waals surface area contributed by atoms with Gasteiger partial charge in [0.1, 0.15) is 5.78 Å². The number of nitrogens with zero attached hydrogens (tertiary/aromatic N) is 1. The van der Waals surface area contributed by atoms with E-state index in [0.29, 0.717) is 12.6 Å². The molecule has 1 heterocycles. The summed E-state index contributed by atoms with van der Waals surface area (Å²) in [5, 5.41) is 0. The van der Waals surface area contributed by atoms with Crippen molar-refractivity contribution in [1.82, 2.24) is 4.90 Å². The summed E-state index contributed by atoms with van der Waals surface area (Å²) in [6.07, 6.45) is 0. The highest BCUT2D eigenvalue weighted by Crippen LogP contribution is 2.11. The van der Waals surface area contributed by atoms with Crippen molar-refractivity contribution in [1.29, 1.82) is 0 Å². The summed E-state index contributed by atoms with van der Waals surface area (Å²) in [5.74, 6) is 0.211. The van der Waals surface area contributed by atoms with E-state index in [9.17, 15) is 4.79 Å². The van der Waals surface area contributed by atoms with Crippen molar-refractivity contribution in [3.05, 3.63) is 0 Å². The van der Waals surface area contributed by atoms with Crippen molar-refractivity contribution < 1.29 is 9.53 Å². The third-order valence-corrected chi connectivity index (χ3v) is 2.30. The molecule has 1 atom stereocenters. The van der Waals surface area contributed by atoms with Crippen LogP contribution in [0.2, 0.25) is 0 Å². The molecule has 12 heavy (non-hydrogen) atoms. The molecule has 0 amide bonds. The maximum absolute atomic E-state index is 11.2. The van der Waals surface area contributed by atoms with Gasteiger partial charge in [-0.1, -0.05) is 0 Å². The first-order chi connectivity index (χ1) is 5.63. The summed E-state index contributed by atoms with van der Waals surface area (Å²) in [4.78, 5) is 13.4. The van der Waals surface area contributed by atoms with Crippen LogP contribution in [0.3, 0.4) is 0 Å². The predicted molar refractivity (Wildman–Crippen MR) is 47.1 cm³/mol. The van der Waals surface area contributed by atoms with E-state index < -0.39 is 0 Å². The Balaban J connectivity index is 2.60. The Morgan fingerprint density at radius 1 is 1.58 bits per heavy atom. The first-order valence-electron chi connectivity index (χ1n) is 4.47. The average Bonchev–Trinajstić information content (AvgIpc) is 2.04. The van der Waals surface area contributed by atoms with Gasteiger partial charge < -0.3 is 4.74 Å². The Bertz CT molecular complexity index is 168. The molecule has 1 aliphatic rings. The van der Waals surface area contributed by atoms with E-state index in [4.69, 9.17) is 4.74 Å². The van der Waals surface area contributed by atoms with Gasteiger partial charge in [0.25, 0.3) is 0 Å². The minimum absolute atomic E-state index is 0.0150. The lowest BCUT2D eigenvalue weighted by Crippen LogP contribution is -2.52. The lowest BCUT2D eigenvalue weighted by atomic mass is 10.1. The first-order valence-corrected chi connectivity index (χ1v) is 4.47. The zero-order valence-corrected chi connectivity index (χ0v) is 8.04. The molecule has 3 heteroatoms. The molecule has 0 radical (unpaired) electrons. The molecule has 0 aromatic rings. The van der Waals surface area contributed by atoms with Gasteiger partial charge in [-0.3, -0.25) is 9.69 Å². The molecule has 0 aromatic carbocycles. The van der Waals surface area contributed by atoms with Gasteiger partial charge in [-0.25, -0.2) is 0 Å². The number of ether oxygens (including phenoxy) is 1. The molecule has 0 aliphatic carbocycles. The van der Waals surface area contributed by atoms with E-state index in [2.05, 4.69) is 18.7 Å². The number of morpholine rings is 1. The van der Waals surface area contributed by atoms with E-state index in [1.165, 1.54) is 0 Å². The fraction of sp³-hybridized carbons (Fsp3) is 0.889. The fourth-order valence-corrected chi connectivity index (χ4v) is 1.59. The van der Waals surface area contributed by atoms with Crippen molar-refractivity contribution in [2.24, 2.45) is 0 Å². The van der Waals surface area contributed by atoms with Crippen LogP contribution in [0.5, 0.6) is 0 Å². The average molecular weight is 171 g/mol. The molecule has 0 N–H and O–H groups in total. The Kier molecular flexibility index (Phi) is 3.23. The molecule has 1 saturated heterocycles. The van der Waals surface area contributed by atoms with Gasteiger partial charge in [0.05, 0.1) is 19.3 Å². The Hall–Kier alpha value is -0.410. The minimum atomic E-state index is -0.0150. The van der Waals surface area contributed by atoms with Crippen LogP contribution < -0.4 is 0 Å². The number of Topliss-reactive ketones (excluding diaryl/α,β-unsaturated/α-hetero) is 1. The molecule has 1 aliphatic heterocycles. The molecule has 1 rings (SSSR count). The van der Waals surface area contributed by atoms with E-state index in [1.54, 1.807) is 6.92 Å². The fourth-order valence-electron chi connectivity index (χ4n) is 1.59. The van der Waals surface area contributed by atoms with Crippen LogP contribution >= 0.6 is 0 Å². The Morgan fingerprint density at radius 3 is 2.67 bits per heavy atom. The number of hydrogen-bond acceptors (Lipinski definition) is 3. The molecule has 0 aromatic heterocycles. The van der Waals surface area contributed by atoms with Gasteiger partial charge in [-0.2, -0.15) is 0 Å². The molecular weight excluding hydrogens is 154 g/mol. The molecule has 0 unspecified atom stereocenters. The smallest absolute Gasteiger partial charge is 0.149 e. The second-order valence-corrected chi connectivity index (χ2v) is 3.53. The zero-order chi connectivity index (χ0) is 9.14. The van der Waals surface area contributed by atoms with Gasteiger partial charge >= 0.3 is 0 Å². The first kappa shape index (κ1) is 9.68. The number of carbonyl (C=O) groups is 1. The highest BCUT2D eigenvalue weighted by atomic mass is 16.5. The topological polar surface area (TPSA) is 29.5 Å². The minimum Gasteiger partial charge on any atom is -0.378 e. The summed E-state index contributed by atoms with van der Waals surface area (Å²) >= 11 is 0. The quantitative estimate of drug-likeness (QED) is 0.612. The van der Waals surface area contributed by atoms with E-state index in [1.807, 2.05) is 0 Å². The molecule has 70 valence electrons. The van der Waals surface area contributed by atoms with Gasteiger partial charge in [-0.15, -0.1) is 0 Å². The van der Waals surface area contributed by atoms with E-state index in [0.717, 1.165) is 13.2 Å². The number of ketones is 1. The SMILES string of the molecule is CC(=O)[C@H]1COCCN1C(C)C. The standard InChI is InChI=1S/C9H17NO2/c1-7(2)10-4-5-12-6-9(10)8(3)11/h7,9H,4-6H2,1-3H3/t9-/m1/s1. The van der Waals surface area contributed by atoms with E-state index >= 15 is 0 Å². The Labute approximate surface area is 73.7 Å². The van der Waals surface area contributed by atoms with Crippen molar-refractivity contribution in [2.75, 3.05) is 19.8 Å². The second-order valence-electron chi connectivity index (χ2n) is 3.53. The maximum atomic E-state index is 11.2. The highest BCUT2D eigenvalue weighted by Gasteiger charge is 2.28. The largest absolute Gasteiger partial charge is 0.378 e.